The Morgan fingerprint density at radius 1 is 1.12 bits per heavy atom. The van der Waals surface area contributed by atoms with Crippen molar-refractivity contribution in [3.05, 3.63) is 46.2 Å². The Morgan fingerprint density at radius 2 is 1.76 bits per heavy atom. The molecule has 3 rings (SSSR count). The minimum absolute atomic E-state index is 0.00263. The third-order valence-electron chi connectivity index (χ3n) is 4.24. The zero-order valence-electron chi connectivity index (χ0n) is 16.4. The average Bonchev–Trinajstić information content (AvgIpc) is 2.65. The van der Waals surface area contributed by atoms with Gasteiger partial charge in [0.15, 0.2) is 5.43 Å². The Hall–Kier alpha value is -1.94. The smallest absolute Gasteiger partial charge is 0.199 e. The first-order valence-corrected chi connectivity index (χ1v) is 9.88. The zero-order chi connectivity index (χ0) is 19.2. The van der Waals surface area contributed by atoms with E-state index in [2.05, 4.69) is 25.8 Å². The lowest BCUT2D eigenvalue weighted by Crippen LogP contribution is -2.17. The molecule has 2 heterocycles. The number of aromatic nitrogens is 1. The van der Waals surface area contributed by atoms with Crippen molar-refractivity contribution in [1.29, 1.82) is 0 Å². The molecule has 1 aromatic carbocycles. The van der Waals surface area contributed by atoms with Crippen LogP contribution in [0.5, 0.6) is 0 Å². The fourth-order valence-corrected chi connectivity index (χ4v) is 3.88. The van der Waals surface area contributed by atoms with Crippen molar-refractivity contribution in [3.63, 3.8) is 0 Å². The molecule has 0 bridgehead atoms. The summed E-state index contributed by atoms with van der Waals surface area (Å²) >= 11 is 1.56. The first-order chi connectivity index (χ1) is 12.0. The molecule has 25 heavy (non-hydrogen) atoms. The highest BCUT2D eigenvalue weighted by Crippen LogP contribution is 2.37. The predicted octanol–water partition coefficient (Wildman–Crippen LogP) is 6.13. The van der Waals surface area contributed by atoms with Crippen molar-refractivity contribution in [2.75, 3.05) is 5.73 Å². The van der Waals surface area contributed by atoms with E-state index in [0.717, 1.165) is 16.0 Å². The summed E-state index contributed by atoms with van der Waals surface area (Å²) in [5.41, 5.74) is 7.79. The molecule has 0 aliphatic heterocycles. The molecule has 0 aliphatic carbocycles. The average molecular weight is 359 g/mol. The molecule has 0 saturated heterocycles. The molecule has 2 aromatic heterocycles. The van der Waals surface area contributed by atoms with Crippen molar-refractivity contribution < 1.29 is 0 Å². The summed E-state index contributed by atoms with van der Waals surface area (Å²) in [6, 6.07) is 7.51. The maximum absolute atomic E-state index is 12.8. The Labute approximate surface area is 154 Å². The first kappa shape index (κ1) is 21.1. The summed E-state index contributed by atoms with van der Waals surface area (Å²) in [5, 5.41) is 1.28. The van der Waals surface area contributed by atoms with Crippen molar-refractivity contribution in [2.45, 2.75) is 60.3 Å². The molecule has 3 nitrogen and oxygen atoms in total. The van der Waals surface area contributed by atoms with Gasteiger partial charge in [0.1, 0.15) is 4.83 Å². The van der Waals surface area contributed by atoms with Gasteiger partial charge in [0.05, 0.1) is 10.8 Å². The molecule has 136 valence electrons. The molecular weight excluding hydrogens is 328 g/mol. The zero-order valence-corrected chi connectivity index (χ0v) is 17.3. The van der Waals surface area contributed by atoms with Crippen LogP contribution in [-0.4, -0.2) is 4.98 Å². The van der Waals surface area contributed by atoms with Gasteiger partial charge in [-0.25, -0.2) is 4.98 Å². The minimum atomic E-state index is -0.0156. The topological polar surface area (TPSA) is 56.0 Å². The summed E-state index contributed by atoms with van der Waals surface area (Å²) in [6.07, 6.45) is 2.72. The van der Waals surface area contributed by atoms with E-state index in [9.17, 15) is 4.79 Å². The third kappa shape index (κ3) is 4.01. The molecule has 2 N–H and O–H groups in total. The number of nitrogen functional groups attached to an aromatic ring is 1. The van der Waals surface area contributed by atoms with Gasteiger partial charge in [-0.3, -0.25) is 4.79 Å². The van der Waals surface area contributed by atoms with Crippen LogP contribution in [0.15, 0.2) is 35.3 Å². The molecule has 0 unspecified atom stereocenters. The standard InChI is InChI=1S/C17H18N2OS.2C2H6/c1-4-17(2,3)11-7-8-12(18)13-14(20)10-6-5-9-19-16(10)21-15(11)13;2*1-2/h5-9H,4,18H2,1-3H3;2*1-2H3. The van der Waals surface area contributed by atoms with Gasteiger partial charge in [0.25, 0.3) is 0 Å². The van der Waals surface area contributed by atoms with Gasteiger partial charge in [-0.15, -0.1) is 11.3 Å². The monoisotopic (exact) mass is 358 g/mol. The van der Waals surface area contributed by atoms with Gasteiger partial charge in [-0.05, 0) is 35.6 Å². The van der Waals surface area contributed by atoms with Gasteiger partial charge in [0, 0.05) is 16.6 Å². The number of rotatable bonds is 2. The highest BCUT2D eigenvalue weighted by atomic mass is 32.1. The van der Waals surface area contributed by atoms with Crippen LogP contribution >= 0.6 is 11.3 Å². The van der Waals surface area contributed by atoms with Crippen LogP contribution in [0.4, 0.5) is 5.69 Å². The fourth-order valence-electron chi connectivity index (χ4n) is 2.54. The third-order valence-corrected chi connectivity index (χ3v) is 5.39. The summed E-state index contributed by atoms with van der Waals surface area (Å²) in [6.45, 7) is 14.5. The number of pyridine rings is 1. The van der Waals surface area contributed by atoms with E-state index in [1.54, 1.807) is 23.6 Å². The molecule has 0 radical (unpaired) electrons. The van der Waals surface area contributed by atoms with Crippen molar-refractivity contribution in [2.24, 2.45) is 0 Å². The molecule has 3 aromatic rings. The van der Waals surface area contributed by atoms with Gasteiger partial charge in [0.2, 0.25) is 0 Å². The highest BCUT2D eigenvalue weighted by Gasteiger charge is 2.23. The lowest BCUT2D eigenvalue weighted by atomic mass is 9.81. The summed E-state index contributed by atoms with van der Waals surface area (Å²) in [5.74, 6) is 0. The lowest BCUT2D eigenvalue weighted by molar-refractivity contribution is 0.511. The predicted molar refractivity (Wildman–Crippen MR) is 114 cm³/mol. The Bertz CT molecular complexity index is 897. The van der Waals surface area contributed by atoms with Gasteiger partial charge < -0.3 is 5.73 Å². The van der Waals surface area contributed by atoms with Crippen molar-refractivity contribution in [1.82, 2.24) is 4.98 Å². The van der Waals surface area contributed by atoms with Crippen LogP contribution in [0.2, 0.25) is 0 Å². The maximum atomic E-state index is 12.8. The van der Waals surface area contributed by atoms with E-state index in [1.165, 1.54) is 5.56 Å². The number of nitrogens with zero attached hydrogens (tertiary/aromatic N) is 1. The van der Waals surface area contributed by atoms with Crippen molar-refractivity contribution in [3.8, 4) is 0 Å². The van der Waals surface area contributed by atoms with Gasteiger partial charge in [-0.1, -0.05) is 54.5 Å². The van der Waals surface area contributed by atoms with E-state index in [4.69, 9.17) is 5.73 Å². The second-order valence-electron chi connectivity index (χ2n) is 5.93. The Balaban J connectivity index is 0.000000730. The summed E-state index contributed by atoms with van der Waals surface area (Å²) < 4.78 is 0.970. The van der Waals surface area contributed by atoms with E-state index in [0.29, 0.717) is 16.5 Å². The normalized spacial score (nSPS) is 10.7. The van der Waals surface area contributed by atoms with E-state index in [1.807, 2.05) is 45.9 Å². The maximum Gasteiger partial charge on any atom is 0.199 e. The van der Waals surface area contributed by atoms with Crippen LogP contribution in [-0.2, 0) is 5.41 Å². The SMILES string of the molecule is CC.CC.CCC(C)(C)c1ccc(N)c2c(=O)c3cccnc3sc12. The van der Waals surface area contributed by atoms with E-state index < -0.39 is 0 Å². The lowest BCUT2D eigenvalue weighted by Gasteiger charge is -2.25. The number of nitrogens with two attached hydrogens (primary N) is 1. The van der Waals surface area contributed by atoms with Crippen LogP contribution in [0.1, 0.15) is 60.5 Å². The largest absolute Gasteiger partial charge is 0.398 e. The van der Waals surface area contributed by atoms with Gasteiger partial charge in [-0.2, -0.15) is 0 Å². The number of fused-ring (bicyclic) bond motifs is 2. The Morgan fingerprint density at radius 3 is 2.36 bits per heavy atom. The van der Waals surface area contributed by atoms with Crippen molar-refractivity contribution >= 4 is 37.3 Å². The molecule has 0 spiro atoms. The van der Waals surface area contributed by atoms with Crippen LogP contribution in [0.3, 0.4) is 0 Å². The van der Waals surface area contributed by atoms with E-state index >= 15 is 0 Å². The number of hydrogen-bond acceptors (Lipinski definition) is 4. The van der Waals surface area contributed by atoms with Gasteiger partial charge >= 0.3 is 0 Å². The summed E-state index contributed by atoms with van der Waals surface area (Å²) in [7, 11) is 0. The highest BCUT2D eigenvalue weighted by molar-refractivity contribution is 7.24. The fraction of sp³-hybridized carbons (Fsp3) is 0.429. The van der Waals surface area contributed by atoms with Crippen LogP contribution in [0, 0.1) is 0 Å². The molecule has 0 aliphatic rings. The molecule has 0 amide bonds. The molecule has 0 saturated carbocycles. The van der Waals surface area contributed by atoms with Crippen LogP contribution < -0.4 is 11.2 Å². The Kier molecular flexibility index (Phi) is 7.56. The minimum Gasteiger partial charge on any atom is -0.398 e. The molecule has 4 heteroatoms. The summed E-state index contributed by atoms with van der Waals surface area (Å²) in [4.78, 5) is 17.9. The molecular formula is C21H30N2OS. The number of hydrogen-bond donors (Lipinski definition) is 1. The van der Waals surface area contributed by atoms with Crippen LogP contribution in [0.25, 0.3) is 20.3 Å². The van der Waals surface area contributed by atoms with E-state index in [-0.39, 0.29) is 10.8 Å². The number of benzene rings is 1. The number of anilines is 1. The molecule has 0 fully saturated rings. The first-order valence-electron chi connectivity index (χ1n) is 9.06. The second kappa shape index (κ2) is 8.95. The second-order valence-corrected chi connectivity index (χ2v) is 6.93. The quantitative estimate of drug-likeness (QED) is 0.443. The molecule has 0 atom stereocenters.